The molecular weight excluding hydrogens is 282 g/mol. The number of rotatable bonds is 3. The summed E-state index contributed by atoms with van der Waals surface area (Å²) in [7, 11) is 0. The van der Waals surface area contributed by atoms with Crippen LogP contribution in [-0.2, 0) is 4.79 Å². The van der Waals surface area contributed by atoms with Gasteiger partial charge in [-0.3, -0.25) is 14.6 Å². The zero-order chi connectivity index (χ0) is 15.5. The smallest absolute Gasteiger partial charge is 0.308 e. The van der Waals surface area contributed by atoms with Crippen molar-refractivity contribution in [1.82, 2.24) is 9.88 Å². The van der Waals surface area contributed by atoms with Gasteiger partial charge in [0.15, 0.2) is 0 Å². The molecule has 0 saturated carbocycles. The Morgan fingerprint density at radius 2 is 1.95 bits per heavy atom. The Kier molecular flexibility index (Phi) is 4.27. The lowest BCUT2D eigenvalue weighted by Gasteiger charge is -2.30. The molecule has 2 fully saturated rings. The van der Waals surface area contributed by atoms with Gasteiger partial charge in [0.05, 0.1) is 5.92 Å². The van der Waals surface area contributed by atoms with Gasteiger partial charge in [-0.1, -0.05) is 0 Å². The van der Waals surface area contributed by atoms with Gasteiger partial charge in [0.2, 0.25) is 0 Å². The first-order valence-corrected chi connectivity index (χ1v) is 7.88. The molecule has 1 aromatic heterocycles. The van der Waals surface area contributed by atoms with Crippen LogP contribution >= 0.6 is 0 Å². The fourth-order valence-corrected chi connectivity index (χ4v) is 3.23. The van der Waals surface area contributed by atoms with Crippen molar-refractivity contribution < 1.29 is 14.7 Å². The lowest BCUT2D eigenvalue weighted by molar-refractivity contribution is -0.143. The summed E-state index contributed by atoms with van der Waals surface area (Å²) >= 11 is 0. The highest BCUT2D eigenvalue weighted by Gasteiger charge is 2.29. The number of amides is 1. The second-order valence-corrected chi connectivity index (χ2v) is 6.02. The second-order valence-electron chi connectivity index (χ2n) is 6.02. The summed E-state index contributed by atoms with van der Waals surface area (Å²) in [6.45, 7) is 2.92. The van der Waals surface area contributed by atoms with E-state index < -0.39 is 11.9 Å². The van der Waals surface area contributed by atoms with E-state index in [4.69, 9.17) is 5.11 Å². The molecule has 2 saturated heterocycles. The van der Waals surface area contributed by atoms with Gasteiger partial charge in [0.1, 0.15) is 5.69 Å². The average Bonchev–Trinajstić information content (AvgIpc) is 3.09. The van der Waals surface area contributed by atoms with Gasteiger partial charge in [0, 0.05) is 38.1 Å². The van der Waals surface area contributed by atoms with Gasteiger partial charge in [-0.05, 0) is 37.8 Å². The van der Waals surface area contributed by atoms with Gasteiger partial charge < -0.3 is 14.9 Å². The molecule has 1 N–H and O–H groups in total. The van der Waals surface area contributed by atoms with Crippen molar-refractivity contribution in [2.24, 2.45) is 5.92 Å². The number of carboxylic acids is 1. The Morgan fingerprint density at radius 3 is 2.68 bits per heavy atom. The fourth-order valence-electron chi connectivity index (χ4n) is 3.23. The number of aliphatic carboxylic acids is 1. The fraction of sp³-hybridized carbons (Fsp3) is 0.562. The van der Waals surface area contributed by atoms with Crippen molar-refractivity contribution in [3.05, 3.63) is 24.0 Å². The molecule has 0 bridgehead atoms. The predicted octanol–water partition coefficient (Wildman–Crippen LogP) is 1.62. The van der Waals surface area contributed by atoms with E-state index in [0.717, 1.165) is 25.2 Å². The first-order chi connectivity index (χ1) is 10.6. The molecule has 0 radical (unpaired) electrons. The zero-order valence-corrected chi connectivity index (χ0v) is 12.6. The lowest BCUT2D eigenvalue weighted by Crippen LogP contribution is -2.42. The number of likely N-dealkylation sites (tertiary alicyclic amines) is 1. The standard InChI is InChI=1S/C16H21N3O3/c20-15(19-9-3-4-12(11-19)16(21)22)14-10-13(5-6-17-14)18-7-1-2-8-18/h5-6,10,12H,1-4,7-9,11H2,(H,21,22). The third-order valence-corrected chi connectivity index (χ3v) is 4.49. The molecule has 1 unspecified atom stereocenters. The van der Waals surface area contributed by atoms with Crippen LogP contribution in [0.25, 0.3) is 0 Å². The summed E-state index contributed by atoms with van der Waals surface area (Å²) in [5.41, 5.74) is 1.44. The van der Waals surface area contributed by atoms with E-state index in [1.54, 1.807) is 11.1 Å². The van der Waals surface area contributed by atoms with Crippen LogP contribution in [0.4, 0.5) is 5.69 Å². The highest BCUT2D eigenvalue weighted by molar-refractivity contribution is 5.93. The topological polar surface area (TPSA) is 73.7 Å². The summed E-state index contributed by atoms with van der Waals surface area (Å²) in [5, 5.41) is 9.14. The molecule has 0 aliphatic carbocycles. The average molecular weight is 303 g/mol. The van der Waals surface area contributed by atoms with Gasteiger partial charge in [-0.15, -0.1) is 0 Å². The molecule has 1 amide bonds. The molecule has 3 rings (SSSR count). The highest BCUT2D eigenvalue weighted by atomic mass is 16.4. The first-order valence-electron chi connectivity index (χ1n) is 7.88. The van der Waals surface area contributed by atoms with Gasteiger partial charge in [-0.25, -0.2) is 0 Å². The van der Waals surface area contributed by atoms with Crippen LogP contribution in [0.5, 0.6) is 0 Å². The van der Waals surface area contributed by atoms with E-state index in [0.29, 0.717) is 18.7 Å². The molecule has 0 aromatic carbocycles. The van der Waals surface area contributed by atoms with Gasteiger partial charge in [-0.2, -0.15) is 0 Å². The Morgan fingerprint density at radius 1 is 1.18 bits per heavy atom. The minimum atomic E-state index is -0.823. The molecule has 0 spiro atoms. The Bertz CT molecular complexity index is 570. The molecule has 118 valence electrons. The molecule has 22 heavy (non-hydrogen) atoms. The molecule has 1 atom stereocenters. The third-order valence-electron chi connectivity index (χ3n) is 4.49. The molecule has 2 aliphatic rings. The molecule has 1 aromatic rings. The second kappa shape index (κ2) is 6.34. The number of carbonyl (C=O) groups is 2. The SMILES string of the molecule is O=C(O)C1CCCN(C(=O)c2cc(N3CCCC3)ccn2)C1. The van der Waals surface area contributed by atoms with Crippen LogP contribution in [-0.4, -0.2) is 53.0 Å². The van der Waals surface area contributed by atoms with E-state index in [1.165, 1.54) is 12.8 Å². The number of nitrogens with zero attached hydrogens (tertiary/aromatic N) is 3. The van der Waals surface area contributed by atoms with E-state index in [1.807, 2.05) is 12.1 Å². The minimum absolute atomic E-state index is 0.160. The summed E-state index contributed by atoms with van der Waals surface area (Å²) in [5.74, 6) is -1.44. The van der Waals surface area contributed by atoms with Crippen LogP contribution in [0.15, 0.2) is 18.3 Å². The van der Waals surface area contributed by atoms with Crippen molar-refractivity contribution in [2.45, 2.75) is 25.7 Å². The molecule has 6 heteroatoms. The summed E-state index contributed by atoms with van der Waals surface area (Å²) < 4.78 is 0. The normalized spacial score (nSPS) is 21.9. The lowest BCUT2D eigenvalue weighted by atomic mass is 9.98. The summed E-state index contributed by atoms with van der Waals surface area (Å²) in [6, 6.07) is 3.76. The monoisotopic (exact) mass is 303 g/mol. The van der Waals surface area contributed by atoms with Crippen LogP contribution in [0.2, 0.25) is 0 Å². The summed E-state index contributed by atoms with van der Waals surface area (Å²) in [6.07, 6.45) is 5.39. The maximum Gasteiger partial charge on any atom is 0.308 e. The Hall–Kier alpha value is -2.11. The number of pyridine rings is 1. The van der Waals surface area contributed by atoms with E-state index >= 15 is 0 Å². The van der Waals surface area contributed by atoms with Crippen molar-refractivity contribution in [1.29, 1.82) is 0 Å². The quantitative estimate of drug-likeness (QED) is 0.918. The van der Waals surface area contributed by atoms with Crippen LogP contribution < -0.4 is 4.90 Å². The largest absolute Gasteiger partial charge is 0.481 e. The molecule has 2 aliphatic heterocycles. The predicted molar refractivity (Wildman–Crippen MR) is 81.9 cm³/mol. The number of anilines is 1. The van der Waals surface area contributed by atoms with Crippen LogP contribution in [0.1, 0.15) is 36.2 Å². The molecule has 6 nitrogen and oxygen atoms in total. The zero-order valence-electron chi connectivity index (χ0n) is 12.6. The van der Waals surface area contributed by atoms with Crippen molar-refractivity contribution in [2.75, 3.05) is 31.1 Å². The van der Waals surface area contributed by atoms with Crippen molar-refractivity contribution in [3.8, 4) is 0 Å². The molecule has 3 heterocycles. The number of carbonyl (C=O) groups excluding carboxylic acids is 1. The number of piperidine rings is 1. The number of hydrogen-bond acceptors (Lipinski definition) is 4. The number of carboxylic acid groups (broad SMARTS) is 1. The maximum atomic E-state index is 12.6. The van der Waals surface area contributed by atoms with E-state index in [-0.39, 0.29) is 12.5 Å². The van der Waals surface area contributed by atoms with Crippen LogP contribution in [0, 0.1) is 5.92 Å². The first kappa shape index (κ1) is 14.8. The van der Waals surface area contributed by atoms with Gasteiger partial charge in [0.25, 0.3) is 5.91 Å². The van der Waals surface area contributed by atoms with Crippen molar-refractivity contribution in [3.63, 3.8) is 0 Å². The Labute approximate surface area is 129 Å². The Balaban J connectivity index is 1.74. The third kappa shape index (κ3) is 3.05. The molecular formula is C16H21N3O3. The maximum absolute atomic E-state index is 12.6. The van der Waals surface area contributed by atoms with Crippen molar-refractivity contribution >= 4 is 17.6 Å². The highest BCUT2D eigenvalue weighted by Crippen LogP contribution is 2.22. The van der Waals surface area contributed by atoms with Crippen LogP contribution in [0.3, 0.4) is 0 Å². The van der Waals surface area contributed by atoms with E-state index in [2.05, 4.69) is 9.88 Å². The summed E-state index contributed by atoms with van der Waals surface area (Å²) in [4.78, 5) is 31.8. The minimum Gasteiger partial charge on any atom is -0.481 e. The van der Waals surface area contributed by atoms with E-state index in [9.17, 15) is 9.59 Å². The van der Waals surface area contributed by atoms with Gasteiger partial charge >= 0.3 is 5.97 Å². The number of hydrogen-bond donors (Lipinski definition) is 1. The number of aromatic nitrogens is 1.